The molecule has 2 amide bonds. The fourth-order valence-corrected chi connectivity index (χ4v) is 1.80. The molecular formula is C14H15ClN4O2. The van der Waals surface area contributed by atoms with E-state index in [1.807, 2.05) is 12.3 Å². The first-order valence-corrected chi connectivity index (χ1v) is 6.85. The number of carbonyl (C=O) groups is 2. The average Bonchev–Trinajstić information content (AvgIpc) is 2.99. The van der Waals surface area contributed by atoms with Gasteiger partial charge in [0.25, 0.3) is 0 Å². The van der Waals surface area contributed by atoms with Gasteiger partial charge in [0, 0.05) is 36.2 Å². The molecule has 2 aromatic rings. The smallest absolute Gasteiger partial charge is 0.313 e. The van der Waals surface area contributed by atoms with Crippen molar-refractivity contribution in [2.24, 2.45) is 0 Å². The number of hydrogen-bond acceptors (Lipinski definition) is 3. The molecule has 1 aromatic carbocycles. The molecule has 1 aromatic heterocycles. The van der Waals surface area contributed by atoms with E-state index in [9.17, 15) is 9.59 Å². The monoisotopic (exact) mass is 306 g/mol. The van der Waals surface area contributed by atoms with Gasteiger partial charge in [0.1, 0.15) is 0 Å². The maximum Gasteiger partial charge on any atom is 0.313 e. The molecule has 7 heteroatoms. The number of hydrogen-bond donors (Lipinski definition) is 2. The van der Waals surface area contributed by atoms with Crippen LogP contribution in [0, 0.1) is 0 Å². The van der Waals surface area contributed by atoms with E-state index < -0.39 is 11.8 Å². The van der Waals surface area contributed by atoms with Gasteiger partial charge >= 0.3 is 11.8 Å². The molecule has 21 heavy (non-hydrogen) atoms. The lowest BCUT2D eigenvalue weighted by Crippen LogP contribution is -2.36. The molecule has 2 rings (SSSR count). The first-order valence-electron chi connectivity index (χ1n) is 6.47. The minimum atomic E-state index is -0.698. The van der Waals surface area contributed by atoms with Crippen LogP contribution in [0.25, 0.3) is 0 Å². The van der Waals surface area contributed by atoms with Gasteiger partial charge in [0.05, 0.1) is 0 Å². The number of aryl methyl sites for hydroxylation is 1. The molecule has 0 radical (unpaired) electrons. The average molecular weight is 307 g/mol. The Morgan fingerprint density at radius 3 is 2.62 bits per heavy atom. The second kappa shape index (κ2) is 7.44. The highest BCUT2D eigenvalue weighted by molar-refractivity contribution is 6.39. The molecule has 0 unspecified atom stereocenters. The first-order chi connectivity index (χ1) is 10.1. The van der Waals surface area contributed by atoms with E-state index in [0.717, 1.165) is 0 Å². The summed E-state index contributed by atoms with van der Waals surface area (Å²) in [5, 5.41) is 9.67. The van der Waals surface area contributed by atoms with E-state index in [1.54, 1.807) is 35.1 Å². The highest BCUT2D eigenvalue weighted by atomic mass is 35.5. The van der Waals surface area contributed by atoms with Gasteiger partial charge in [-0.15, -0.1) is 0 Å². The molecule has 6 nitrogen and oxygen atoms in total. The van der Waals surface area contributed by atoms with Crippen LogP contribution in [0.15, 0.2) is 42.7 Å². The molecule has 1 heterocycles. The van der Waals surface area contributed by atoms with Crippen molar-refractivity contribution in [1.82, 2.24) is 15.1 Å². The van der Waals surface area contributed by atoms with Crippen LogP contribution in [0.2, 0.25) is 5.02 Å². The highest BCUT2D eigenvalue weighted by Gasteiger charge is 2.12. The number of amides is 2. The summed E-state index contributed by atoms with van der Waals surface area (Å²) < 4.78 is 1.76. The summed E-state index contributed by atoms with van der Waals surface area (Å²) in [4.78, 5) is 23.3. The Labute approximate surface area is 127 Å². The fourth-order valence-electron chi connectivity index (χ4n) is 1.68. The summed E-state index contributed by atoms with van der Waals surface area (Å²) in [6, 6.07) is 8.37. The van der Waals surface area contributed by atoms with Gasteiger partial charge in [0.15, 0.2) is 0 Å². The summed E-state index contributed by atoms with van der Waals surface area (Å²) >= 11 is 5.74. The molecule has 0 saturated heterocycles. The zero-order chi connectivity index (χ0) is 15.1. The molecule has 0 saturated carbocycles. The van der Waals surface area contributed by atoms with Crippen LogP contribution in [-0.2, 0) is 16.1 Å². The van der Waals surface area contributed by atoms with Crippen LogP contribution in [0.4, 0.5) is 5.69 Å². The van der Waals surface area contributed by atoms with Crippen LogP contribution in [0.5, 0.6) is 0 Å². The maximum absolute atomic E-state index is 11.6. The molecule has 2 N–H and O–H groups in total. The minimum absolute atomic E-state index is 0.409. The van der Waals surface area contributed by atoms with Crippen LogP contribution < -0.4 is 10.6 Å². The zero-order valence-corrected chi connectivity index (χ0v) is 12.0. The number of nitrogens with zero attached hydrogens (tertiary/aromatic N) is 2. The molecule has 0 aliphatic heterocycles. The first kappa shape index (κ1) is 15.1. The van der Waals surface area contributed by atoms with Gasteiger partial charge in [-0.25, -0.2) is 0 Å². The van der Waals surface area contributed by atoms with Crippen molar-refractivity contribution in [2.45, 2.75) is 13.0 Å². The SMILES string of the molecule is O=C(NCCCn1cccn1)C(=O)Nc1ccc(Cl)cc1. The van der Waals surface area contributed by atoms with Crippen molar-refractivity contribution < 1.29 is 9.59 Å². The Morgan fingerprint density at radius 1 is 1.19 bits per heavy atom. The van der Waals surface area contributed by atoms with Crippen molar-refractivity contribution >= 4 is 29.1 Å². The molecule has 0 bridgehead atoms. The third kappa shape index (κ3) is 4.92. The van der Waals surface area contributed by atoms with E-state index in [4.69, 9.17) is 11.6 Å². The fraction of sp³-hybridized carbons (Fsp3) is 0.214. The third-order valence-electron chi connectivity index (χ3n) is 2.72. The Hall–Kier alpha value is -2.34. The quantitative estimate of drug-likeness (QED) is 0.652. The van der Waals surface area contributed by atoms with Crippen LogP contribution >= 0.6 is 11.6 Å². The van der Waals surface area contributed by atoms with Crippen molar-refractivity contribution in [3.05, 3.63) is 47.7 Å². The largest absolute Gasteiger partial charge is 0.348 e. The summed E-state index contributed by atoms with van der Waals surface area (Å²) in [5.41, 5.74) is 0.524. The Bertz CT molecular complexity index is 596. The van der Waals surface area contributed by atoms with E-state index in [-0.39, 0.29) is 0 Å². The molecule has 0 fully saturated rings. The Morgan fingerprint density at radius 2 is 1.95 bits per heavy atom. The lowest BCUT2D eigenvalue weighted by molar-refractivity contribution is -0.136. The van der Waals surface area contributed by atoms with Gasteiger partial charge in [-0.3, -0.25) is 14.3 Å². The highest BCUT2D eigenvalue weighted by Crippen LogP contribution is 2.13. The predicted molar refractivity (Wildman–Crippen MR) is 79.9 cm³/mol. The topological polar surface area (TPSA) is 76.0 Å². The van der Waals surface area contributed by atoms with Crippen LogP contribution in [-0.4, -0.2) is 28.1 Å². The number of nitrogens with one attached hydrogen (secondary N) is 2. The number of aromatic nitrogens is 2. The van der Waals surface area contributed by atoms with E-state index in [2.05, 4.69) is 15.7 Å². The van der Waals surface area contributed by atoms with E-state index >= 15 is 0 Å². The molecule has 0 spiro atoms. The Balaban J connectivity index is 1.70. The number of anilines is 1. The number of benzene rings is 1. The van der Waals surface area contributed by atoms with Crippen LogP contribution in [0.1, 0.15) is 6.42 Å². The van der Waals surface area contributed by atoms with E-state index in [1.165, 1.54) is 0 Å². The minimum Gasteiger partial charge on any atom is -0.348 e. The number of halogens is 1. The normalized spacial score (nSPS) is 10.1. The van der Waals surface area contributed by atoms with Gasteiger partial charge < -0.3 is 10.6 Å². The van der Waals surface area contributed by atoms with Gasteiger partial charge in [0.2, 0.25) is 0 Å². The molecule has 0 atom stereocenters. The summed E-state index contributed by atoms with van der Waals surface area (Å²) in [7, 11) is 0. The van der Waals surface area contributed by atoms with Crippen molar-refractivity contribution in [1.29, 1.82) is 0 Å². The summed E-state index contributed by atoms with van der Waals surface area (Å²) in [6.07, 6.45) is 4.23. The lowest BCUT2D eigenvalue weighted by atomic mass is 10.3. The van der Waals surface area contributed by atoms with Gasteiger partial charge in [-0.05, 0) is 36.8 Å². The lowest BCUT2D eigenvalue weighted by Gasteiger charge is -2.06. The van der Waals surface area contributed by atoms with E-state index in [0.29, 0.717) is 30.2 Å². The molecule has 0 aliphatic carbocycles. The van der Waals surface area contributed by atoms with Crippen molar-refractivity contribution in [3.8, 4) is 0 Å². The molecular weight excluding hydrogens is 292 g/mol. The second-order valence-electron chi connectivity index (χ2n) is 4.34. The molecule has 110 valence electrons. The van der Waals surface area contributed by atoms with Crippen molar-refractivity contribution in [2.75, 3.05) is 11.9 Å². The predicted octanol–water partition coefficient (Wildman–Crippen LogP) is 1.68. The summed E-state index contributed by atoms with van der Waals surface area (Å²) in [5.74, 6) is -1.36. The third-order valence-corrected chi connectivity index (χ3v) is 2.97. The van der Waals surface area contributed by atoms with Gasteiger partial charge in [-0.2, -0.15) is 5.10 Å². The standard InChI is InChI=1S/C14H15ClN4O2/c15-11-3-5-12(6-4-11)18-14(21)13(20)16-7-1-9-19-10-2-8-17-19/h2-6,8,10H,1,7,9H2,(H,16,20)(H,18,21). The number of rotatable bonds is 5. The maximum atomic E-state index is 11.6. The Kier molecular flexibility index (Phi) is 5.34. The number of carbonyl (C=O) groups excluding carboxylic acids is 2. The molecule has 0 aliphatic rings. The zero-order valence-electron chi connectivity index (χ0n) is 11.3. The summed E-state index contributed by atoms with van der Waals surface area (Å²) in [6.45, 7) is 1.10. The van der Waals surface area contributed by atoms with Crippen LogP contribution in [0.3, 0.4) is 0 Å². The van der Waals surface area contributed by atoms with Crippen molar-refractivity contribution in [3.63, 3.8) is 0 Å². The van der Waals surface area contributed by atoms with Gasteiger partial charge in [-0.1, -0.05) is 11.6 Å². The second-order valence-corrected chi connectivity index (χ2v) is 4.78.